The molecule has 0 bridgehead atoms. The minimum Gasteiger partial charge on any atom is -0.478 e. The van der Waals surface area contributed by atoms with Crippen LogP contribution < -0.4 is 0 Å². The van der Waals surface area contributed by atoms with E-state index in [2.05, 4.69) is 4.98 Å². The molecular weight excluding hydrogens is 284 g/mol. The molecule has 1 aromatic heterocycles. The maximum Gasteiger partial charge on any atom is 0.337 e. The standard InChI is InChI=1S/C13H13ClN2O2S/c14-12-3-2-10(8-11(12)13(17)18)19-7-1-5-16-6-4-15-9-16/h2-4,6,8-9H,1,5,7H2,(H,17,18). The van der Waals surface area contributed by atoms with E-state index in [-0.39, 0.29) is 10.6 Å². The van der Waals surface area contributed by atoms with Gasteiger partial charge in [-0.3, -0.25) is 0 Å². The molecule has 0 saturated carbocycles. The average Bonchev–Trinajstić information content (AvgIpc) is 2.89. The van der Waals surface area contributed by atoms with Crippen LogP contribution in [0.15, 0.2) is 41.8 Å². The average molecular weight is 297 g/mol. The third-order valence-electron chi connectivity index (χ3n) is 2.56. The Labute approximate surface area is 120 Å². The van der Waals surface area contributed by atoms with Crippen molar-refractivity contribution in [1.29, 1.82) is 0 Å². The van der Waals surface area contributed by atoms with Gasteiger partial charge in [0.25, 0.3) is 0 Å². The van der Waals surface area contributed by atoms with Crippen LogP contribution in [0.25, 0.3) is 0 Å². The normalized spacial score (nSPS) is 10.6. The summed E-state index contributed by atoms with van der Waals surface area (Å²) in [4.78, 5) is 15.9. The van der Waals surface area contributed by atoms with Crippen molar-refractivity contribution in [2.24, 2.45) is 0 Å². The largest absolute Gasteiger partial charge is 0.478 e. The molecule has 19 heavy (non-hydrogen) atoms. The lowest BCUT2D eigenvalue weighted by Gasteiger charge is -2.05. The van der Waals surface area contributed by atoms with Crippen LogP contribution >= 0.6 is 23.4 Å². The number of hydrogen-bond donors (Lipinski definition) is 1. The van der Waals surface area contributed by atoms with Crippen LogP contribution in [-0.2, 0) is 6.54 Å². The van der Waals surface area contributed by atoms with Crippen molar-refractivity contribution in [2.75, 3.05) is 5.75 Å². The predicted molar refractivity (Wildman–Crippen MR) is 76.0 cm³/mol. The van der Waals surface area contributed by atoms with E-state index in [0.717, 1.165) is 23.6 Å². The molecule has 0 amide bonds. The molecule has 0 spiro atoms. The van der Waals surface area contributed by atoms with Crippen LogP contribution in [0.2, 0.25) is 5.02 Å². The van der Waals surface area contributed by atoms with Gasteiger partial charge in [-0.05, 0) is 30.4 Å². The highest BCUT2D eigenvalue weighted by molar-refractivity contribution is 7.99. The molecule has 0 unspecified atom stereocenters. The van der Waals surface area contributed by atoms with E-state index in [4.69, 9.17) is 16.7 Å². The van der Waals surface area contributed by atoms with E-state index in [0.29, 0.717) is 0 Å². The first-order valence-corrected chi connectivity index (χ1v) is 7.14. The minimum atomic E-state index is -0.995. The van der Waals surface area contributed by atoms with Crippen molar-refractivity contribution in [2.45, 2.75) is 17.9 Å². The fourth-order valence-electron chi connectivity index (χ4n) is 1.61. The SMILES string of the molecule is O=C(O)c1cc(SCCCn2ccnc2)ccc1Cl. The van der Waals surface area contributed by atoms with Gasteiger partial charge < -0.3 is 9.67 Å². The lowest BCUT2D eigenvalue weighted by Crippen LogP contribution is -1.98. The third kappa shape index (κ3) is 4.01. The molecule has 0 radical (unpaired) electrons. The van der Waals surface area contributed by atoms with Crippen LogP contribution in [0.5, 0.6) is 0 Å². The second kappa shape index (κ2) is 6.63. The quantitative estimate of drug-likeness (QED) is 0.655. The zero-order valence-corrected chi connectivity index (χ0v) is 11.7. The smallest absolute Gasteiger partial charge is 0.337 e. The van der Waals surface area contributed by atoms with Gasteiger partial charge in [-0.15, -0.1) is 11.8 Å². The van der Waals surface area contributed by atoms with Crippen molar-refractivity contribution < 1.29 is 9.90 Å². The summed E-state index contributed by atoms with van der Waals surface area (Å²) >= 11 is 7.45. The maximum absolute atomic E-state index is 11.0. The molecule has 2 aromatic rings. The number of benzene rings is 1. The molecule has 1 N–H and O–H groups in total. The molecule has 1 aromatic carbocycles. The molecule has 100 valence electrons. The predicted octanol–water partition coefficient (Wildman–Crippen LogP) is 3.42. The second-order valence-electron chi connectivity index (χ2n) is 3.95. The summed E-state index contributed by atoms with van der Waals surface area (Å²) in [5.74, 6) is -0.0790. The molecule has 0 atom stereocenters. The van der Waals surface area contributed by atoms with Crippen molar-refractivity contribution in [3.05, 3.63) is 47.5 Å². The number of thioether (sulfide) groups is 1. The topological polar surface area (TPSA) is 55.1 Å². The van der Waals surface area contributed by atoms with Crippen LogP contribution in [0.4, 0.5) is 0 Å². The molecule has 2 rings (SSSR count). The molecule has 0 aliphatic rings. The molecule has 0 fully saturated rings. The van der Waals surface area contributed by atoms with Gasteiger partial charge >= 0.3 is 5.97 Å². The Morgan fingerprint density at radius 3 is 3.00 bits per heavy atom. The van der Waals surface area contributed by atoms with E-state index in [1.165, 1.54) is 0 Å². The van der Waals surface area contributed by atoms with Crippen LogP contribution in [-0.4, -0.2) is 26.4 Å². The number of carbonyl (C=O) groups is 1. The van der Waals surface area contributed by atoms with E-state index in [1.807, 2.05) is 16.8 Å². The first-order valence-electron chi connectivity index (χ1n) is 5.78. The number of imidazole rings is 1. The van der Waals surface area contributed by atoms with Gasteiger partial charge in [0.15, 0.2) is 0 Å². The zero-order valence-electron chi connectivity index (χ0n) is 10.1. The second-order valence-corrected chi connectivity index (χ2v) is 5.52. The maximum atomic E-state index is 11.0. The van der Waals surface area contributed by atoms with Crippen LogP contribution in [0.1, 0.15) is 16.8 Å². The first-order chi connectivity index (χ1) is 9.16. The number of aryl methyl sites for hydroxylation is 1. The van der Waals surface area contributed by atoms with Gasteiger partial charge in [-0.2, -0.15) is 0 Å². The Kier molecular flexibility index (Phi) is 4.87. The fourth-order valence-corrected chi connectivity index (χ4v) is 2.69. The van der Waals surface area contributed by atoms with E-state index >= 15 is 0 Å². The van der Waals surface area contributed by atoms with Crippen LogP contribution in [0.3, 0.4) is 0 Å². The molecule has 4 nitrogen and oxygen atoms in total. The Bertz CT molecular complexity index is 558. The number of hydrogen-bond acceptors (Lipinski definition) is 3. The molecule has 6 heteroatoms. The van der Waals surface area contributed by atoms with Gasteiger partial charge in [-0.1, -0.05) is 11.6 Å². The summed E-state index contributed by atoms with van der Waals surface area (Å²) < 4.78 is 2.02. The Morgan fingerprint density at radius 2 is 2.32 bits per heavy atom. The zero-order chi connectivity index (χ0) is 13.7. The van der Waals surface area contributed by atoms with Gasteiger partial charge in [0, 0.05) is 23.8 Å². The highest BCUT2D eigenvalue weighted by Crippen LogP contribution is 2.25. The van der Waals surface area contributed by atoms with E-state index in [1.54, 1.807) is 36.4 Å². The number of halogens is 1. The number of aromatic nitrogens is 2. The van der Waals surface area contributed by atoms with Crippen molar-refractivity contribution in [1.82, 2.24) is 9.55 Å². The Hall–Kier alpha value is -1.46. The van der Waals surface area contributed by atoms with E-state index < -0.39 is 5.97 Å². The number of carboxylic acid groups (broad SMARTS) is 1. The third-order valence-corrected chi connectivity index (χ3v) is 3.97. The number of nitrogens with zero attached hydrogens (tertiary/aromatic N) is 2. The molecule has 0 saturated heterocycles. The molecular formula is C13H13ClN2O2S. The summed E-state index contributed by atoms with van der Waals surface area (Å²) in [7, 11) is 0. The summed E-state index contributed by atoms with van der Waals surface area (Å²) in [6.07, 6.45) is 6.46. The van der Waals surface area contributed by atoms with Crippen molar-refractivity contribution >= 4 is 29.3 Å². The highest BCUT2D eigenvalue weighted by Gasteiger charge is 2.09. The van der Waals surface area contributed by atoms with Gasteiger partial charge in [-0.25, -0.2) is 9.78 Å². The summed E-state index contributed by atoms with van der Waals surface area (Å²) in [6, 6.07) is 5.09. The summed E-state index contributed by atoms with van der Waals surface area (Å²) in [5, 5.41) is 9.26. The van der Waals surface area contributed by atoms with Crippen molar-refractivity contribution in [3.63, 3.8) is 0 Å². The van der Waals surface area contributed by atoms with Gasteiger partial charge in [0.2, 0.25) is 0 Å². The molecule has 1 heterocycles. The minimum absolute atomic E-state index is 0.154. The fraction of sp³-hybridized carbons (Fsp3) is 0.231. The highest BCUT2D eigenvalue weighted by atomic mass is 35.5. The number of aromatic carboxylic acids is 1. The van der Waals surface area contributed by atoms with Gasteiger partial charge in [0.05, 0.1) is 16.9 Å². The lowest BCUT2D eigenvalue weighted by molar-refractivity contribution is 0.0697. The van der Waals surface area contributed by atoms with Crippen molar-refractivity contribution in [3.8, 4) is 0 Å². The van der Waals surface area contributed by atoms with Crippen LogP contribution in [0, 0.1) is 0 Å². The lowest BCUT2D eigenvalue weighted by atomic mass is 10.2. The summed E-state index contributed by atoms with van der Waals surface area (Å²) in [5.41, 5.74) is 0.154. The Morgan fingerprint density at radius 1 is 1.47 bits per heavy atom. The molecule has 0 aliphatic heterocycles. The summed E-state index contributed by atoms with van der Waals surface area (Å²) in [6.45, 7) is 0.909. The monoisotopic (exact) mass is 296 g/mol. The number of carboxylic acids is 1. The Balaban J connectivity index is 1.86. The van der Waals surface area contributed by atoms with E-state index in [9.17, 15) is 4.79 Å². The first kappa shape index (κ1) is 14.0. The van der Waals surface area contributed by atoms with Gasteiger partial charge in [0.1, 0.15) is 0 Å². The number of rotatable bonds is 6. The molecule has 0 aliphatic carbocycles.